The summed E-state index contributed by atoms with van der Waals surface area (Å²) in [5.74, 6) is 0. The topological polar surface area (TPSA) is 16.4 Å². The molecule has 0 saturated heterocycles. The van der Waals surface area contributed by atoms with Crippen LogP contribution in [0.25, 0.3) is 71.7 Å². The molecule has 13 rings (SSSR count). The molecule has 0 bridgehead atoms. The molecule has 0 saturated carbocycles. The van der Waals surface area contributed by atoms with E-state index < -0.39 is 0 Å². The zero-order chi connectivity index (χ0) is 40.1. The van der Waals surface area contributed by atoms with Crippen molar-refractivity contribution in [2.75, 3.05) is 4.90 Å². The molecule has 1 aromatic heterocycles. The number of fused-ring (bicyclic) bond motifs is 14. The highest BCUT2D eigenvalue weighted by Crippen LogP contribution is 2.63. The second-order valence-corrected chi connectivity index (χ2v) is 16.6. The number of rotatable bonds is 5. The first-order chi connectivity index (χ1) is 30.3. The summed E-state index contributed by atoms with van der Waals surface area (Å²) in [5.41, 5.74) is 20.0. The maximum Gasteiger partial charge on any atom is 0.159 e. The van der Waals surface area contributed by atoms with Crippen molar-refractivity contribution in [3.05, 3.63) is 240 Å². The molecule has 61 heavy (non-hydrogen) atoms. The Morgan fingerprint density at radius 1 is 0.410 bits per heavy atom. The third-order valence-electron chi connectivity index (χ3n) is 13.5. The van der Waals surface area contributed by atoms with E-state index in [1.54, 1.807) is 0 Å². The Kier molecular flexibility index (Phi) is 7.38. The van der Waals surface area contributed by atoms with E-state index >= 15 is 0 Å². The highest BCUT2D eigenvalue weighted by Gasteiger charge is 2.51. The van der Waals surface area contributed by atoms with Crippen LogP contribution in [-0.2, 0) is 5.41 Å². The summed E-state index contributed by atoms with van der Waals surface area (Å²) in [6.07, 6.45) is 8.95. The number of furan rings is 1. The first-order valence-corrected chi connectivity index (χ1v) is 21.4. The fourth-order valence-electron chi connectivity index (χ4n) is 10.8. The van der Waals surface area contributed by atoms with Gasteiger partial charge in [-0.15, -0.1) is 0 Å². The molecule has 1 heterocycles. The van der Waals surface area contributed by atoms with Gasteiger partial charge in [0.1, 0.15) is 5.58 Å². The summed E-state index contributed by atoms with van der Waals surface area (Å²) in [6, 6.07) is 71.7. The van der Waals surface area contributed by atoms with Gasteiger partial charge in [-0.05, 0) is 121 Å². The molecule has 0 fully saturated rings. The molecule has 0 radical (unpaired) electrons. The van der Waals surface area contributed by atoms with E-state index in [4.69, 9.17) is 4.42 Å². The lowest BCUT2D eigenvalue weighted by Crippen LogP contribution is -2.25. The van der Waals surface area contributed by atoms with Gasteiger partial charge in [0.2, 0.25) is 0 Å². The van der Waals surface area contributed by atoms with Crippen molar-refractivity contribution in [3.63, 3.8) is 0 Å². The number of benzene rings is 9. The fraction of sp³-hybridized carbons (Fsp3) is 0.0508. The van der Waals surface area contributed by atoms with Gasteiger partial charge in [0, 0.05) is 27.7 Å². The average Bonchev–Trinajstić information content (AvgIpc) is 3.97. The Morgan fingerprint density at radius 2 is 1.00 bits per heavy atom. The summed E-state index contributed by atoms with van der Waals surface area (Å²) >= 11 is 0. The number of para-hydroxylation sites is 2. The van der Waals surface area contributed by atoms with E-state index in [9.17, 15) is 0 Å². The van der Waals surface area contributed by atoms with Gasteiger partial charge in [-0.25, -0.2) is 0 Å². The first kappa shape index (κ1) is 34.2. The Labute approximate surface area is 355 Å². The van der Waals surface area contributed by atoms with Gasteiger partial charge in [-0.2, -0.15) is 0 Å². The van der Waals surface area contributed by atoms with Crippen molar-refractivity contribution >= 4 is 55.3 Å². The van der Waals surface area contributed by atoms with E-state index in [2.05, 4.69) is 217 Å². The Morgan fingerprint density at radius 3 is 1.70 bits per heavy atom. The Bertz CT molecular complexity index is 3430. The van der Waals surface area contributed by atoms with Gasteiger partial charge < -0.3 is 9.32 Å². The van der Waals surface area contributed by atoms with Crippen LogP contribution < -0.4 is 4.90 Å². The van der Waals surface area contributed by atoms with Gasteiger partial charge in [0.25, 0.3) is 0 Å². The average molecular weight is 778 g/mol. The molecular weight excluding hydrogens is 739 g/mol. The van der Waals surface area contributed by atoms with E-state index in [0.29, 0.717) is 0 Å². The number of hydrogen-bond donors (Lipinski definition) is 0. The monoisotopic (exact) mass is 777 g/mol. The van der Waals surface area contributed by atoms with Crippen LogP contribution in [0.1, 0.15) is 40.7 Å². The van der Waals surface area contributed by atoms with E-state index in [1.165, 1.54) is 72.0 Å². The molecule has 10 aromatic rings. The van der Waals surface area contributed by atoms with Crippen molar-refractivity contribution < 1.29 is 4.42 Å². The molecule has 0 atom stereocenters. The second kappa shape index (κ2) is 13.2. The summed E-state index contributed by atoms with van der Waals surface area (Å²) in [5, 5.41) is 4.65. The number of allylic oxidation sites excluding steroid dienone is 4. The summed E-state index contributed by atoms with van der Waals surface area (Å²) in [7, 11) is 0. The molecule has 0 aliphatic heterocycles. The Balaban J connectivity index is 0.972. The molecular formula is C59H39NO. The van der Waals surface area contributed by atoms with E-state index in [0.717, 1.165) is 57.4 Å². The number of nitrogens with zero attached hydrogens (tertiary/aromatic N) is 1. The standard InChI is InChI=1S/C59H39NO/c1-2-15-40(16-3-1)45-21-12-22-50-51-23-13-27-56(58(51)61-57(45)50)60(44-34-30-38-14-4-5-17-41(38)36-44)43-32-28-39(29-33-43)42-31-35-49-48-20-8-11-26-54(48)59(55(49)37-42)52-24-9-6-18-46(52)47-19-7-10-25-53(47)59/h2,4-37H,1,3H2. The minimum atomic E-state index is -0.378. The number of hydrogen-bond acceptors (Lipinski definition) is 2. The quantitative estimate of drug-likeness (QED) is 0.173. The van der Waals surface area contributed by atoms with Crippen LogP contribution >= 0.6 is 0 Å². The predicted molar refractivity (Wildman–Crippen MR) is 254 cm³/mol. The zero-order valence-corrected chi connectivity index (χ0v) is 33.5. The van der Waals surface area contributed by atoms with Crippen molar-refractivity contribution in [1.29, 1.82) is 0 Å². The summed E-state index contributed by atoms with van der Waals surface area (Å²) in [6.45, 7) is 0. The van der Waals surface area contributed by atoms with Crippen molar-refractivity contribution in [2.45, 2.75) is 18.3 Å². The van der Waals surface area contributed by atoms with Crippen LogP contribution in [0, 0.1) is 0 Å². The van der Waals surface area contributed by atoms with Gasteiger partial charge >= 0.3 is 0 Å². The van der Waals surface area contributed by atoms with Crippen LogP contribution in [0.15, 0.2) is 217 Å². The third-order valence-corrected chi connectivity index (χ3v) is 13.5. The molecule has 2 heteroatoms. The largest absolute Gasteiger partial charge is 0.453 e. The van der Waals surface area contributed by atoms with E-state index in [1.807, 2.05) is 0 Å². The third kappa shape index (κ3) is 4.91. The predicted octanol–water partition coefficient (Wildman–Crippen LogP) is 16.0. The molecule has 1 spiro atoms. The fourth-order valence-corrected chi connectivity index (χ4v) is 10.8. The van der Waals surface area contributed by atoms with Crippen LogP contribution in [-0.4, -0.2) is 0 Å². The maximum atomic E-state index is 7.02. The molecule has 9 aromatic carbocycles. The highest BCUT2D eigenvalue weighted by atomic mass is 16.3. The van der Waals surface area contributed by atoms with Crippen LogP contribution in [0.5, 0.6) is 0 Å². The lowest BCUT2D eigenvalue weighted by atomic mass is 9.70. The van der Waals surface area contributed by atoms with Crippen LogP contribution in [0.4, 0.5) is 17.1 Å². The first-order valence-electron chi connectivity index (χ1n) is 21.4. The van der Waals surface area contributed by atoms with Gasteiger partial charge in [0.15, 0.2) is 5.58 Å². The normalized spacial score (nSPS) is 14.3. The molecule has 3 aliphatic carbocycles. The van der Waals surface area contributed by atoms with E-state index in [-0.39, 0.29) is 5.41 Å². The minimum Gasteiger partial charge on any atom is -0.453 e. The summed E-state index contributed by atoms with van der Waals surface area (Å²) < 4.78 is 7.02. The van der Waals surface area contributed by atoms with Crippen LogP contribution in [0.3, 0.4) is 0 Å². The lowest BCUT2D eigenvalue weighted by Gasteiger charge is -2.30. The SMILES string of the molecule is C1=CC(c2cccc3c2oc2c(N(c4ccc(-c5ccc6c(c5)C5(c7ccccc7-c7ccccc75)c5ccccc5-6)cc4)c4ccc5ccccc5c4)cccc23)=CCC1. The minimum absolute atomic E-state index is 0.378. The van der Waals surface area contributed by atoms with Crippen molar-refractivity contribution in [1.82, 2.24) is 0 Å². The van der Waals surface area contributed by atoms with Crippen molar-refractivity contribution in [2.24, 2.45) is 0 Å². The van der Waals surface area contributed by atoms with Crippen LogP contribution in [0.2, 0.25) is 0 Å². The molecule has 3 aliphatic rings. The van der Waals surface area contributed by atoms with Gasteiger partial charge in [-0.3, -0.25) is 0 Å². The van der Waals surface area contributed by atoms with Crippen molar-refractivity contribution in [3.8, 4) is 33.4 Å². The molecule has 286 valence electrons. The second-order valence-electron chi connectivity index (χ2n) is 16.6. The number of anilines is 3. The molecule has 0 unspecified atom stereocenters. The smallest absolute Gasteiger partial charge is 0.159 e. The lowest BCUT2D eigenvalue weighted by molar-refractivity contribution is 0.668. The molecule has 2 nitrogen and oxygen atoms in total. The van der Waals surface area contributed by atoms with Gasteiger partial charge in [0.05, 0.1) is 11.1 Å². The Hall–Kier alpha value is -7.68. The highest BCUT2D eigenvalue weighted by molar-refractivity contribution is 6.13. The zero-order valence-electron chi connectivity index (χ0n) is 33.5. The molecule has 0 amide bonds. The maximum absolute atomic E-state index is 7.02. The molecule has 0 N–H and O–H groups in total. The summed E-state index contributed by atoms with van der Waals surface area (Å²) in [4.78, 5) is 2.36. The van der Waals surface area contributed by atoms with Gasteiger partial charge in [-0.1, -0.05) is 176 Å².